The van der Waals surface area contributed by atoms with E-state index in [1.54, 1.807) is 18.2 Å². The number of aromatic amines is 1. The van der Waals surface area contributed by atoms with E-state index >= 15 is 0 Å². The monoisotopic (exact) mass is 246 g/mol. The van der Waals surface area contributed by atoms with E-state index in [0.29, 0.717) is 30.3 Å². The second-order valence-corrected chi connectivity index (χ2v) is 3.65. The van der Waals surface area contributed by atoms with Gasteiger partial charge in [-0.1, -0.05) is 6.07 Å². The van der Waals surface area contributed by atoms with E-state index in [2.05, 4.69) is 15.5 Å². The highest BCUT2D eigenvalue weighted by molar-refractivity contribution is 5.92. The maximum atomic E-state index is 11.5. The predicted octanol–water partition coefficient (Wildman–Crippen LogP) is 0.801. The van der Waals surface area contributed by atoms with Crippen LogP contribution in [0.5, 0.6) is 5.75 Å². The van der Waals surface area contributed by atoms with Crippen molar-refractivity contribution in [1.82, 2.24) is 15.5 Å². The molecule has 0 saturated heterocycles. The Morgan fingerprint density at radius 3 is 3.06 bits per heavy atom. The zero-order valence-electron chi connectivity index (χ0n) is 9.72. The zero-order valence-corrected chi connectivity index (χ0v) is 9.72. The Morgan fingerprint density at radius 1 is 1.44 bits per heavy atom. The summed E-state index contributed by atoms with van der Waals surface area (Å²) in [6, 6.07) is 8.75. The molecule has 0 saturated carbocycles. The minimum atomic E-state index is -0.205. The Morgan fingerprint density at radius 2 is 2.33 bits per heavy atom. The third-order valence-corrected chi connectivity index (χ3v) is 2.26. The average molecular weight is 246 g/mol. The van der Waals surface area contributed by atoms with Gasteiger partial charge in [0.2, 0.25) is 0 Å². The number of nitrogens with one attached hydrogen (secondary N) is 2. The number of rotatable bonds is 5. The van der Waals surface area contributed by atoms with Crippen molar-refractivity contribution in [3.63, 3.8) is 0 Å². The summed E-state index contributed by atoms with van der Waals surface area (Å²) in [5.41, 5.74) is 6.69. The molecule has 0 unspecified atom stereocenters. The second kappa shape index (κ2) is 5.72. The number of H-pyrrole nitrogens is 1. The van der Waals surface area contributed by atoms with Crippen LogP contribution >= 0.6 is 0 Å². The van der Waals surface area contributed by atoms with Crippen LogP contribution in [0.25, 0.3) is 0 Å². The van der Waals surface area contributed by atoms with Gasteiger partial charge in [-0.15, -0.1) is 0 Å². The van der Waals surface area contributed by atoms with Crippen LogP contribution in [-0.2, 0) is 0 Å². The molecule has 0 aliphatic heterocycles. The second-order valence-electron chi connectivity index (χ2n) is 3.65. The lowest BCUT2D eigenvalue weighted by atomic mass is 10.3. The maximum Gasteiger partial charge on any atom is 0.269 e. The zero-order chi connectivity index (χ0) is 12.8. The van der Waals surface area contributed by atoms with Crippen molar-refractivity contribution in [2.75, 3.05) is 18.9 Å². The first-order chi connectivity index (χ1) is 8.75. The Labute approximate surface area is 104 Å². The molecule has 1 aromatic heterocycles. The van der Waals surface area contributed by atoms with E-state index < -0.39 is 0 Å². The topological polar surface area (TPSA) is 93.0 Å². The predicted molar refractivity (Wildman–Crippen MR) is 67.3 cm³/mol. The van der Waals surface area contributed by atoms with Crippen molar-refractivity contribution < 1.29 is 9.53 Å². The molecule has 2 rings (SSSR count). The number of carbonyl (C=O) groups is 1. The molecule has 1 heterocycles. The average Bonchev–Trinajstić information content (AvgIpc) is 2.88. The van der Waals surface area contributed by atoms with Gasteiger partial charge in [-0.05, 0) is 18.2 Å². The van der Waals surface area contributed by atoms with Gasteiger partial charge in [0, 0.05) is 18.0 Å². The number of nitrogens with two attached hydrogens (primary N) is 1. The summed E-state index contributed by atoms with van der Waals surface area (Å²) in [7, 11) is 0. The van der Waals surface area contributed by atoms with Crippen LogP contribution in [0.4, 0.5) is 5.69 Å². The smallest absolute Gasteiger partial charge is 0.269 e. The standard InChI is InChI=1S/C12H14N4O2/c13-9-2-1-3-10(8-9)18-7-6-14-12(17)11-4-5-15-16-11/h1-5,8H,6-7,13H2,(H,14,17)(H,15,16). The number of nitrogens with zero attached hydrogens (tertiary/aromatic N) is 1. The van der Waals surface area contributed by atoms with Crippen molar-refractivity contribution in [1.29, 1.82) is 0 Å². The first-order valence-corrected chi connectivity index (χ1v) is 5.51. The van der Waals surface area contributed by atoms with Crippen LogP contribution in [0.2, 0.25) is 0 Å². The van der Waals surface area contributed by atoms with E-state index in [4.69, 9.17) is 10.5 Å². The number of ether oxygens (including phenoxy) is 1. The van der Waals surface area contributed by atoms with Gasteiger partial charge in [-0.2, -0.15) is 5.10 Å². The minimum Gasteiger partial charge on any atom is -0.492 e. The van der Waals surface area contributed by atoms with Crippen LogP contribution < -0.4 is 15.8 Å². The summed E-state index contributed by atoms with van der Waals surface area (Å²) >= 11 is 0. The quantitative estimate of drug-likeness (QED) is 0.537. The SMILES string of the molecule is Nc1cccc(OCCNC(=O)c2ccn[nH]2)c1. The molecule has 2 aromatic rings. The highest BCUT2D eigenvalue weighted by Gasteiger charge is 2.05. The molecule has 6 heteroatoms. The first kappa shape index (κ1) is 12.0. The van der Waals surface area contributed by atoms with Crippen molar-refractivity contribution >= 4 is 11.6 Å². The fraction of sp³-hybridized carbons (Fsp3) is 0.167. The number of hydrogen-bond acceptors (Lipinski definition) is 4. The van der Waals surface area contributed by atoms with Crippen LogP contribution in [0.1, 0.15) is 10.5 Å². The first-order valence-electron chi connectivity index (χ1n) is 5.51. The van der Waals surface area contributed by atoms with Crippen molar-refractivity contribution in [2.45, 2.75) is 0 Å². The molecule has 0 spiro atoms. The lowest BCUT2D eigenvalue weighted by Crippen LogP contribution is -2.28. The molecule has 0 radical (unpaired) electrons. The van der Waals surface area contributed by atoms with Gasteiger partial charge in [0.05, 0.1) is 6.54 Å². The molecule has 6 nitrogen and oxygen atoms in total. The fourth-order valence-corrected chi connectivity index (χ4v) is 1.42. The van der Waals surface area contributed by atoms with E-state index in [1.807, 2.05) is 12.1 Å². The van der Waals surface area contributed by atoms with E-state index in [0.717, 1.165) is 0 Å². The molecule has 18 heavy (non-hydrogen) atoms. The number of aromatic nitrogens is 2. The Hall–Kier alpha value is -2.50. The lowest BCUT2D eigenvalue weighted by molar-refractivity contribution is 0.0942. The van der Waals surface area contributed by atoms with Crippen LogP contribution in [-0.4, -0.2) is 29.3 Å². The summed E-state index contributed by atoms with van der Waals surface area (Å²) in [5, 5.41) is 8.98. The molecule has 0 fully saturated rings. The molecule has 4 N–H and O–H groups in total. The molecule has 1 amide bonds. The number of carbonyl (C=O) groups excluding carboxylic acids is 1. The lowest BCUT2D eigenvalue weighted by Gasteiger charge is -2.07. The summed E-state index contributed by atoms with van der Waals surface area (Å²) < 4.78 is 5.43. The fourth-order valence-electron chi connectivity index (χ4n) is 1.42. The number of hydrogen-bond donors (Lipinski definition) is 3. The number of anilines is 1. The highest BCUT2D eigenvalue weighted by atomic mass is 16.5. The highest BCUT2D eigenvalue weighted by Crippen LogP contribution is 2.13. The number of benzene rings is 1. The third kappa shape index (κ3) is 3.24. The third-order valence-electron chi connectivity index (χ3n) is 2.26. The van der Waals surface area contributed by atoms with Crippen molar-refractivity contribution in [3.05, 3.63) is 42.2 Å². The summed E-state index contributed by atoms with van der Waals surface area (Å²) in [5.74, 6) is 0.481. The van der Waals surface area contributed by atoms with Crippen molar-refractivity contribution in [3.8, 4) is 5.75 Å². The van der Waals surface area contributed by atoms with Crippen LogP contribution in [0.15, 0.2) is 36.5 Å². The Balaban J connectivity index is 1.72. The van der Waals surface area contributed by atoms with Gasteiger partial charge in [0.1, 0.15) is 18.1 Å². The summed E-state index contributed by atoms with van der Waals surface area (Å²) in [4.78, 5) is 11.5. The summed E-state index contributed by atoms with van der Waals surface area (Å²) in [6.45, 7) is 0.788. The van der Waals surface area contributed by atoms with E-state index in [9.17, 15) is 4.79 Å². The molecule has 94 valence electrons. The Kier molecular flexibility index (Phi) is 3.80. The normalized spacial score (nSPS) is 10.0. The molecular weight excluding hydrogens is 232 g/mol. The molecule has 1 aromatic carbocycles. The van der Waals surface area contributed by atoms with Crippen molar-refractivity contribution in [2.24, 2.45) is 0 Å². The Bertz CT molecular complexity index is 511. The molecular formula is C12H14N4O2. The van der Waals surface area contributed by atoms with Gasteiger partial charge in [-0.3, -0.25) is 9.89 Å². The van der Waals surface area contributed by atoms with Gasteiger partial charge in [-0.25, -0.2) is 0 Å². The maximum absolute atomic E-state index is 11.5. The number of amides is 1. The van der Waals surface area contributed by atoms with E-state index in [-0.39, 0.29) is 5.91 Å². The minimum absolute atomic E-state index is 0.205. The van der Waals surface area contributed by atoms with Crippen LogP contribution in [0.3, 0.4) is 0 Å². The summed E-state index contributed by atoms with van der Waals surface area (Å²) in [6.07, 6.45) is 1.53. The van der Waals surface area contributed by atoms with Gasteiger partial charge in [0.25, 0.3) is 5.91 Å². The van der Waals surface area contributed by atoms with E-state index in [1.165, 1.54) is 6.20 Å². The largest absolute Gasteiger partial charge is 0.492 e. The molecule has 0 aliphatic carbocycles. The van der Waals surface area contributed by atoms with Gasteiger partial charge >= 0.3 is 0 Å². The van der Waals surface area contributed by atoms with Gasteiger partial charge < -0.3 is 15.8 Å². The molecule has 0 aliphatic rings. The number of nitrogen functional groups attached to an aromatic ring is 1. The molecule has 0 bridgehead atoms. The van der Waals surface area contributed by atoms with Crippen LogP contribution in [0, 0.1) is 0 Å². The van der Waals surface area contributed by atoms with Gasteiger partial charge in [0.15, 0.2) is 0 Å². The molecule has 0 atom stereocenters.